The highest BCUT2D eigenvalue weighted by Gasteiger charge is 2.14. The van der Waals surface area contributed by atoms with E-state index >= 15 is 0 Å². The normalized spacial score (nSPS) is 9.90. The summed E-state index contributed by atoms with van der Waals surface area (Å²) in [6, 6.07) is 4.69. The standard InChI is InChI=1S/C15H18O5/c1-3-19-14(17)8-6-12-9-11(10-16)5-7-13(12)15(18)20-4-2/h5,7,9-10H,3-4,6,8H2,1-2H3. The van der Waals surface area contributed by atoms with Crippen LogP contribution in [0.4, 0.5) is 0 Å². The second-order valence-corrected chi connectivity index (χ2v) is 4.06. The Bertz CT molecular complexity index is 493. The van der Waals surface area contributed by atoms with Gasteiger partial charge in [0.2, 0.25) is 0 Å². The first-order valence-corrected chi connectivity index (χ1v) is 6.53. The second kappa shape index (κ2) is 8.09. The Hall–Kier alpha value is -2.17. The monoisotopic (exact) mass is 278 g/mol. The first kappa shape index (κ1) is 15.9. The Labute approximate surface area is 117 Å². The maximum atomic E-state index is 11.8. The van der Waals surface area contributed by atoms with Crippen molar-refractivity contribution in [3.05, 3.63) is 34.9 Å². The third-order valence-electron chi connectivity index (χ3n) is 2.66. The van der Waals surface area contributed by atoms with Gasteiger partial charge in [0.1, 0.15) is 6.29 Å². The highest BCUT2D eigenvalue weighted by Crippen LogP contribution is 2.15. The molecule has 0 aliphatic heterocycles. The van der Waals surface area contributed by atoms with Crippen LogP contribution in [0, 0.1) is 0 Å². The van der Waals surface area contributed by atoms with Crippen molar-refractivity contribution < 1.29 is 23.9 Å². The van der Waals surface area contributed by atoms with Crippen molar-refractivity contribution in [3.8, 4) is 0 Å². The van der Waals surface area contributed by atoms with Crippen molar-refractivity contribution in [2.75, 3.05) is 13.2 Å². The number of ether oxygens (including phenoxy) is 2. The van der Waals surface area contributed by atoms with E-state index in [4.69, 9.17) is 9.47 Å². The van der Waals surface area contributed by atoms with E-state index in [1.807, 2.05) is 0 Å². The van der Waals surface area contributed by atoms with Crippen LogP contribution in [-0.2, 0) is 20.7 Å². The van der Waals surface area contributed by atoms with Gasteiger partial charge in [-0.1, -0.05) is 6.07 Å². The van der Waals surface area contributed by atoms with Crippen molar-refractivity contribution in [1.29, 1.82) is 0 Å². The lowest BCUT2D eigenvalue weighted by atomic mass is 10.00. The predicted octanol–water partition coefficient (Wildman–Crippen LogP) is 2.17. The zero-order valence-corrected chi connectivity index (χ0v) is 11.7. The number of carbonyl (C=O) groups is 3. The molecule has 0 aromatic heterocycles. The summed E-state index contributed by atoms with van der Waals surface area (Å²) in [5.74, 6) is -0.789. The predicted molar refractivity (Wildman–Crippen MR) is 72.7 cm³/mol. The minimum absolute atomic E-state index is 0.155. The van der Waals surface area contributed by atoms with Gasteiger partial charge in [0, 0.05) is 12.0 Å². The first-order chi connectivity index (χ1) is 9.62. The van der Waals surface area contributed by atoms with Crippen LogP contribution in [0.2, 0.25) is 0 Å². The van der Waals surface area contributed by atoms with E-state index in [0.717, 1.165) is 0 Å². The summed E-state index contributed by atoms with van der Waals surface area (Å²) in [5, 5.41) is 0. The van der Waals surface area contributed by atoms with E-state index in [0.29, 0.717) is 36.0 Å². The lowest BCUT2D eigenvalue weighted by Gasteiger charge is -2.09. The lowest BCUT2D eigenvalue weighted by molar-refractivity contribution is -0.143. The van der Waals surface area contributed by atoms with Crippen LogP contribution in [0.25, 0.3) is 0 Å². The van der Waals surface area contributed by atoms with Crippen molar-refractivity contribution >= 4 is 18.2 Å². The molecule has 0 radical (unpaired) electrons. The quantitative estimate of drug-likeness (QED) is 0.564. The molecule has 0 bridgehead atoms. The van der Waals surface area contributed by atoms with Gasteiger partial charge < -0.3 is 9.47 Å². The number of aldehydes is 1. The van der Waals surface area contributed by atoms with Gasteiger partial charge in [0.05, 0.1) is 18.8 Å². The molecular formula is C15H18O5. The van der Waals surface area contributed by atoms with Gasteiger partial charge in [-0.05, 0) is 38.0 Å². The Balaban J connectivity index is 2.91. The van der Waals surface area contributed by atoms with Crippen LogP contribution in [0.3, 0.4) is 0 Å². The second-order valence-electron chi connectivity index (χ2n) is 4.06. The van der Waals surface area contributed by atoms with Gasteiger partial charge in [0.15, 0.2) is 0 Å². The molecule has 0 heterocycles. The summed E-state index contributed by atoms with van der Waals surface area (Å²) >= 11 is 0. The Morgan fingerprint density at radius 3 is 2.45 bits per heavy atom. The number of aryl methyl sites for hydroxylation is 1. The van der Waals surface area contributed by atoms with E-state index in [1.54, 1.807) is 32.0 Å². The molecule has 0 amide bonds. The zero-order valence-electron chi connectivity index (χ0n) is 11.7. The summed E-state index contributed by atoms with van der Waals surface area (Å²) in [7, 11) is 0. The van der Waals surface area contributed by atoms with Crippen molar-refractivity contribution in [2.45, 2.75) is 26.7 Å². The van der Waals surface area contributed by atoms with E-state index in [9.17, 15) is 14.4 Å². The van der Waals surface area contributed by atoms with Gasteiger partial charge in [-0.2, -0.15) is 0 Å². The molecule has 0 saturated heterocycles. The molecule has 0 fully saturated rings. The van der Waals surface area contributed by atoms with Crippen LogP contribution >= 0.6 is 0 Å². The fraction of sp³-hybridized carbons (Fsp3) is 0.400. The molecule has 1 rings (SSSR count). The molecule has 0 spiro atoms. The number of esters is 2. The van der Waals surface area contributed by atoms with Gasteiger partial charge in [-0.3, -0.25) is 9.59 Å². The third-order valence-corrected chi connectivity index (χ3v) is 2.66. The fourth-order valence-electron chi connectivity index (χ4n) is 1.77. The summed E-state index contributed by atoms with van der Waals surface area (Å²) < 4.78 is 9.80. The smallest absolute Gasteiger partial charge is 0.338 e. The van der Waals surface area contributed by atoms with Crippen LogP contribution in [0.15, 0.2) is 18.2 Å². The van der Waals surface area contributed by atoms with Crippen molar-refractivity contribution in [1.82, 2.24) is 0 Å². The van der Waals surface area contributed by atoms with Gasteiger partial charge in [-0.15, -0.1) is 0 Å². The van der Waals surface area contributed by atoms with Crippen molar-refractivity contribution in [3.63, 3.8) is 0 Å². The highest BCUT2D eigenvalue weighted by molar-refractivity contribution is 5.92. The number of hydrogen-bond acceptors (Lipinski definition) is 5. The van der Waals surface area contributed by atoms with Crippen LogP contribution in [0.1, 0.15) is 46.5 Å². The fourth-order valence-corrected chi connectivity index (χ4v) is 1.77. The number of rotatable bonds is 7. The minimum Gasteiger partial charge on any atom is -0.466 e. The number of benzene rings is 1. The van der Waals surface area contributed by atoms with Crippen LogP contribution in [-0.4, -0.2) is 31.4 Å². The molecule has 5 nitrogen and oxygen atoms in total. The molecule has 0 unspecified atom stereocenters. The molecule has 1 aromatic rings. The molecule has 5 heteroatoms. The van der Waals surface area contributed by atoms with E-state index in [1.165, 1.54) is 0 Å². The van der Waals surface area contributed by atoms with Gasteiger partial charge in [0.25, 0.3) is 0 Å². The Morgan fingerprint density at radius 1 is 1.15 bits per heavy atom. The van der Waals surface area contributed by atoms with Crippen LogP contribution in [0.5, 0.6) is 0 Å². The van der Waals surface area contributed by atoms with Crippen LogP contribution < -0.4 is 0 Å². The lowest BCUT2D eigenvalue weighted by Crippen LogP contribution is -2.11. The molecular weight excluding hydrogens is 260 g/mol. The summed E-state index contributed by atoms with van der Waals surface area (Å²) in [6.45, 7) is 4.04. The molecule has 20 heavy (non-hydrogen) atoms. The molecule has 0 saturated carbocycles. The third kappa shape index (κ3) is 4.50. The van der Waals surface area contributed by atoms with Gasteiger partial charge in [-0.25, -0.2) is 4.79 Å². The zero-order chi connectivity index (χ0) is 15.0. The molecule has 1 aromatic carbocycles. The summed E-state index contributed by atoms with van der Waals surface area (Å²) in [4.78, 5) is 34.0. The molecule has 0 N–H and O–H groups in total. The maximum Gasteiger partial charge on any atom is 0.338 e. The molecule has 0 atom stereocenters. The number of hydrogen-bond donors (Lipinski definition) is 0. The topological polar surface area (TPSA) is 69.7 Å². The SMILES string of the molecule is CCOC(=O)CCc1cc(C=O)ccc1C(=O)OCC. The summed E-state index contributed by atoms with van der Waals surface area (Å²) in [5.41, 5.74) is 1.44. The Morgan fingerprint density at radius 2 is 1.85 bits per heavy atom. The molecule has 0 aliphatic rings. The minimum atomic E-state index is -0.455. The average Bonchev–Trinajstić information content (AvgIpc) is 2.45. The Kier molecular flexibility index (Phi) is 6.43. The number of carbonyl (C=O) groups excluding carboxylic acids is 3. The summed E-state index contributed by atoms with van der Waals surface area (Å²) in [6.07, 6.45) is 1.18. The largest absolute Gasteiger partial charge is 0.466 e. The van der Waals surface area contributed by atoms with Gasteiger partial charge >= 0.3 is 11.9 Å². The van der Waals surface area contributed by atoms with E-state index in [2.05, 4.69) is 0 Å². The molecule has 108 valence electrons. The highest BCUT2D eigenvalue weighted by atomic mass is 16.5. The molecule has 0 aliphatic carbocycles. The van der Waals surface area contributed by atoms with E-state index < -0.39 is 5.97 Å². The average molecular weight is 278 g/mol. The van der Waals surface area contributed by atoms with Crippen molar-refractivity contribution in [2.24, 2.45) is 0 Å². The van der Waals surface area contributed by atoms with E-state index in [-0.39, 0.29) is 19.0 Å². The first-order valence-electron chi connectivity index (χ1n) is 6.53. The maximum absolute atomic E-state index is 11.8.